The Labute approximate surface area is 145 Å². The summed E-state index contributed by atoms with van der Waals surface area (Å²) in [5.74, 6) is 1.95. The van der Waals surface area contributed by atoms with E-state index < -0.39 is 0 Å². The summed E-state index contributed by atoms with van der Waals surface area (Å²) in [4.78, 5) is 6.90. The Hall–Kier alpha value is -1.87. The van der Waals surface area contributed by atoms with Gasteiger partial charge in [0, 0.05) is 31.4 Å². The Morgan fingerprint density at radius 3 is 2.38 bits per heavy atom. The van der Waals surface area contributed by atoms with Crippen LogP contribution in [0, 0.1) is 12.8 Å². The predicted molar refractivity (Wildman–Crippen MR) is 99.3 cm³/mol. The van der Waals surface area contributed by atoms with Gasteiger partial charge in [0.25, 0.3) is 0 Å². The van der Waals surface area contributed by atoms with Crippen LogP contribution in [0.3, 0.4) is 0 Å². The number of nitrogens with one attached hydrogen (secondary N) is 1. The van der Waals surface area contributed by atoms with Gasteiger partial charge in [-0.15, -0.1) is 0 Å². The fourth-order valence-corrected chi connectivity index (χ4v) is 3.78. The lowest BCUT2D eigenvalue weighted by molar-refractivity contribution is 0.349. The third-order valence-electron chi connectivity index (χ3n) is 5.41. The maximum absolute atomic E-state index is 4.49. The normalized spacial score (nSPS) is 20.1. The second kappa shape index (κ2) is 6.94. The zero-order valence-corrected chi connectivity index (χ0v) is 14.5. The topological polar surface area (TPSA) is 28.2 Å². The average Bonchev–Trinajstić information content (AvgIpc) is 3.47. The second-order valence-corrected chi connectivity index (χ2v) is 7.34. The molecule has 4 rings (SSSR count). The van der Waals surface area contributed by atoms with Gasteiger partial charge in [0.15, 0.2) is 0 Å². The third kappa shape index (κ3) is 3.62. The van der Waals surface area contributed by atoms with Crippen molar-refractivity contribution in [3.63, 3.8) is 0 Å². The van der Waals surface area contributed by atoms with Gasteiger partial charge < -0.3 is 10.2 Å². The highest BCUT2D eigenvalue weighted by Crippen LogP contribution is 2.41. The van der Waals surface area contributed by atoms with E-state index in [-0.39, 0.29) is 0 Å². The maximum atomic E-state index is 4.49. The predicted octanol–water partition coefficient (Wildman–Crippen LogP) is 4.10. The minimum atomic E-state index is 0.539. The number of nitrogens with zero attached hydrogens (tertiary/aromatic N) is 2. The average molecular weight is 321 g/mol. The first-order valence-electron chi connectivity index (χ1n) is 9.28. The lowest BCUT2D eigenvalue weighted by Crippen LogP contribution is -2.44. The Balaban J connectivity index is 1.37. The van der Waals surface area contributed by atoms with Gasteiger partial charge >= 0.3 is 0 Å². The highest BCUT2D eigenvalue weighted by Gasteiger charge is 2.34. The number of hydrogen-bond acceptors (Lipinski definition) is 3. The van der Waals surface area contributed by atoms with E-state index in [9.17, 15) is 0 Å². The fraction of sp³-hybridized carbons (Fsp3) is 0.476. The number of pyridine rings is 1. The second-order valence-electron chi connectivity index (χ2n) is 7.34. The molecule has 0 amide bonds. The monoisotopic (exact) mass is 321 g/mol. The molecule has 1 unspecified atom stereocenters. The van der Waals surface area contributed by atoms with E-state index in [1.54, 1.807) is 0 Å². The third-order valence-corrected chi connectivity index (χ3v) is 5.41. The van der Waals surface area contributed by atoms with Crippen LogP contribution >= 0.6 is 0 Å². The summed E-state index contributed by atoms with van der Waals surface area (Å²) in [7, 11) is 0. The van der Waals surface area contributed by atoms with E-state index in [0.29, 0.717) is 12.1 Å². The van der Waals surface area contributed by atoms with E-state index in [0.717, 1.165) is 24.8 Å². The van der Waals surface area contributed by atoms with Gasteiger partial charge in [0.05, 0.1) is 0 Å². The van der Waals surface area contributed by atoms with Crippen molar-refractivity contribution in [1.82, 2.24) is 10.3 Å². The van der Waals surface area contributed by atoms with Gasteiger partial charge in [-0.25, -0.2) is 4.98 Å². The molecule has 2 aliphatic rings. The Morgan fingerprint density at radius 2 is 1.75 bits per heavy atom. The Bertz CT molecular complexity index is 641. The molecule has 1 aromatic heterocycles. The number of piperidine rings is 1. The smallest absolute Gasteiger partial charge is 0.128 e. The zero-order valence-electron chi connectivity index (χ0n) is 14.5. The van der Waals surface area contributed by atoms with Gasteiger partial charge in [-0.05, 0) is 56.2 Å². The molecule has 1 saturated carbocycles. The van der Waals surface area contributed by atoms with Gasteiger partial charge in [0.1, 0.15) is 5.82 Å². The highest BCUT2D eigenvalue weighted by molar-refractivity contribution is 5.38. The number of anilines is 1. The Morgan fingerprint density at radius 1 is 1.00 bits per heavy atom. The lowest BCUT2D eigenvalue weighted by Gasteiger charge is -2.35. The number of hydrogen-bond donors (Lipinski definition) is 1. The van der Waals surface area contributed by atoms with Crippen molar-refractivity contribution in [2.24, 2.45) is 5.92 Å². The van der Waals surface area contributed by atoms with Gasteiger partial charge in [-0.3, -0.25) is 0 Å². The van der Waals surface area contributed by atoms with Crippen molar-refractivity contribution >= 4 is 5.82 Å². The van der Waals surface area contributed by atoms with E-state index in [1.807, 2.05) is 12.3 Å². The Kier molecular flexibility index (Phi) is 4.52. The SMILES string of the molecule is Cc1ccc(C(NC2CCN(c3ccccn3)CC2)C2CC2)cc1. The summed E-state index contributed by atoms with van der Waals surface area (Å²) in [6.45, 7) is 4.36. The molecule has 0 spiro atoms. The highest BCUT2D eigenvalue weighted by atomic mass is 15.2. The summed E-state index contributed by atoms with van der Waals surface area (Å²) in [6, 6.07) is 16.5. The van der Waals surface area contributed by atoms with Crippen LogP contribution in [0.2, 0.25) is 0 Å². The molecule has 1 saturated heterocycles. The van der Waals surface area contributed by atoms with Crippen LogP contribution in [0.15, 0.2) is 48.7 Å². The molecule has 126 valence electrons. The van der Waals surface area contributed by atoms with Crippen LogP contribution in [-0.4, -0.2) is 24.1 Å². The molecule has 1 aliphatic heterocycles. The molecule has 24 heavy (non-hydrogen) atoms. The number of aromatic nitrogens is 1. The van der Waals surface area contributed by atoms with Gasteiger partial charge in [-0.2, -0.15) is 0 Å². The molecule has 3 nitrogen and oxygen atoms in total. The lowest BCUT2D eigenvalue weighted by atomic mass is 9.97. The van der Waals surface area contributed by atoms with Crippen LogP contribution in [0.25, 0.3) is 0 Å². The van der Waals surface area contributed by atoms with Crippen molar-refractivity contribution in [1.29, 1.82) is 0 Å². The first-order chi connectivity index (χ1) is 11.8. The van der Waals surface area contributed by atoms with Crippen LogP contribution in [0.5, 0.6) is 0 Å². The molecule has 2 heterocycles. The molecular weight excluding hydrogens is 294 g/mol. The summed E-state index contributed by atoms with van der Waals surface area (Å²) in [5.41, 5.74) is 2.81. The van der Waals surface area contributed by atoms with Crippen LogP contribution in [-0.2, 0) is 0 Å². The molecule has 2 fully saturated rings. The first kappa shape index (κ1) is 15.6. The van der Waals surface area contributed by atoms with Gasteiger partial charge in [0.2, 0.25) is 0 Å². The molecule has 1 aliphatic carbocycles. The van der Waals surface area contributed by atoms with E-state index in [4.69, 9.17) is 0 Å². The number of benzene rings is 1. The minimum Gasteiger partial charge on any atom is -0.357 e. The zero-order chi connectivity index (χ0) is 16.4. The quantitative estimate of drug-likeness (QED) is 0.898. The number of rotatable bonds is 5. The molecular formula is C21H27N3. The van der Waals surface area contributed by atoms with Crippen molar-refractivity contribution in [2.75, 3.05) is 18.0 Å². The van der Waals surface area contributed by atoms with Crippen LogP contribution < -0.4 is 10.2 Å². The van der Waals surface area contributed by atoms with Crippen molar-refractivity contribution < 1.29 is 0 Å². The van der Waals surface area contributed by atoms with E-state index in [2.05, 4.69) is 58.5 Å². The largest absolute Gasteiger partial charge is 0.357 e. The fourth-order valence-electron chi connectivity index (χ4n) is 3.78. The maximum Gasteiger partial charge on any atom is 0.128 e. The molecule has 1 atom stereocenters. The number of aryl methyl sites for hydroxylation is 1. The molecule has 0 bridgehead atoms. The van der Waals surface area contributed by atoms with E-state index in [1.165, 1.54) is 36.8 Å². The molecule has 1 N–H and O–H groups in total. The molecule has 1 aromatic carbocycles. The van der Waals surface area contributed by atoms with Crippen molar-refractivity contribution in [3.8, 4) is 0 Å². The molecule has 0 radical (unpaired) electrons. The summed E-state index contributed by atoms with van der Waals surface area (Å²) in [5, 5.41) is 3.98. The molecule has 2 aromatic rings. The van der Waals surface area contributed by atoms with Crippen LogP contribution in [0.4, 0.5) is 5.82 Å². The summed E-state index contributed by atoms with van der Waals surface area (Å²) < 4.78 is 0. The summed E-state index contributed by atoms with van der Waals surface area (Å²) >= 11 is 0. The minimum absolute atomic E-state index is 0.539. The first-order valence-corrected chi connectivity index (χ1v) is 9.28. The molecule has 3 heteroatoms. The van der Waals surface area contributed by atoms with Crippen molar-refractivity contribution in [2.45, 2.75) is 44.7 Å². The summed E-state index contributed by atoms with van der Waals surface area (Å²) in [6.07, 6.45) is 7.04. The van der Waals surface area contributed by atoms with Crippen molar-refractivity contribution in [3.05, 3.63) is 59.8 Å². The van der Waals surface area contributed by atoms with Gasteiger partial charge in [-0.1, -0.05) is 35.9 Å². The van der Waals surface area contributed by atoms with E-state index >= 15 is 0 Å². The van der Waals surface area contributed by atoms with Crippen LogP contribution in [0.1, 0.15) is 42.9 Å². The standard InChI is InChI=1S/C21H27N3/c1-16-5-7-17(8-6-16)21(18-9-10-18)23-19-11-14-24(15-12-19)20-4-2-3-13-22-20/h2-8,13,18-19,21,23H,9-12,14-15H2,1H3.